The second-order valence-electron chi connectivity index (χ2n) is 12.7. The Balaban J connectivity index is 1.65. The summed E-state index contributed by atoms with van der Waals surface area (Å²) in [5, 5.41) is 3.59. The minimum atomic E-state index is 0.00581. The minimum Gasteiger partial charge on any atom is -0.452 e. The zero-order valence-corrected chi connectivity index (χ0v) is 21.9. The summed E-state index contributed by atoms with van der Waals surface area (Å²) in [6, 6.07) is 17.7. The summed E-state index contributed by atoms with van der Waals surface area (Å²) < 4.78 is 6.58. The van der Waals surface area contributed by atoms with Gasteiger partial charge in [0.05, 0.1) is 0 Å². The summed E-state index contributed by atoms with van der Waals surface area (Å²) >= 11 is 0. The topological polar surface area (TPSA) is 38.9 Å². The Labute approximate surface area is 207 Å². The molecule has 0 atom stereocenters. The van der Waals surface area contributed by atoms with Crippen LogP contribution in [0, 0.1) is 0 Å². The molecule has 0 amide bonds. The van der Waals surface area contributed by atoms with Gasteiger partial charge in [-0.2, -0.15) is 0 Å². The average molecular weight is 463 g/mol. The number of aromatic nitrogens is 2. The Morgan fingerprint density at radius 1 is 0.800 bits per heavy atom. The molecule has 0 N–H and O–H groups in total. The first-order chi connectivity index (χ1) is 16.5. The van der Waals surface area contributed by atoms with Gasteiger partial charge in [0.15, 0.2) is 5.58 Å². The van der Waals surface area contributed by atoms with Crippen LogP contribution in [0.15, 0.2) is 59.3 Å². The van der Waals surface area contributed by atoms with E-state index in [0.29, 0.717) is 0 Å². The maximum absolute atomic E-state index is 6.58. The highest BCUT2D eigenvalue weighted by molar-refractivity contribution is 6.07. The Morgan fingerprint density at radius 3 is 2.20 bits per heavy atom. The number of nitrogens with zero attached hydrogens (tertiary/aromatic N) is 2. The predicted octanol–water partition coefficient (Wildman–Crippen LogP) is 8.84. The minimum absolute atomic E-state index is 0.00581. The number of fused-ring (bicyclic) bond motifs is 5. The van der Waals surface area contributed by atoms with Gasteiger partial charge in [-0.1, -0.05) is 72.7 Å². The predicted molar refractivity (Wildman–Crippen MR) is 146 cm³/mol. The van der Waals surface area contributed by atoms with Gasteiger partial charge in [0.1, 0.15) is 23.1 Å². The van der Waals surface area contributed by atoms with Crippen LogP contribution in [0.3, 0.4) is 0 Å². The van der Waals surface area contributed by atoms with Gasteiger partial charge in [0.2, 0.25) is 0 Å². The van der Waals surface area contributed by atoms with E-state index in [9.17, 15) is 0 Å². The molecule has 0 radical (unpaired) electrons. The molecule has 2 aromatic heterocycles. The lowest BCUT2D eigenvalue weighted by atomic mass is 9.63. The van der Waals surface area contributed by atoms with Crippen molar-refractivity contribution in [1.29, 1.82) is 0 Å². The number of furan rings is 1. The van der Waals surface area contributed by atoms with Gasteiger partial charge >= 0.3 is 0 Å². The SMILES string of the molecule is CC(C)(C)c1cc(-c2ncnc3c2oc2cc4c(cc23)C(C)(C)CCC4(C)C)cc2ccccc12. The van der Waals surface area contributed by atoms with Gasteiger partial charge in [-0.05, 0) is 80.8 Å². The van der Waals surface area contributed by atoms with Crippen molar-refractivity contribution in [2.24, 2.45) is 0 Å². The Bertz CT molecular complexity index is 1630. The zero-order valence-electron chi connectivity index (χ0n) is 21.9. The molecule has 6 rings (SSSR count). The number of hydrogen-bond donors (Lipinski definition) is 0. The highest BCUT2D eigenvalue weighted by Gasteiger charge is 2.38. The van der Waals surface area contributed by atoms with Gasteiger partial charge in [0, 0.05) is 10.9 Å². The molecule has 5 aromatic rings. The lowest BCUT2D eigenvalue weighted by molar-refractivity contribution is 0.332. The molecule has 0 fully saturated rings. The van der Waals surface area contributed by atoms with E-state index in [1.54, 1.807) is 6.33 Å². The van der Waals surface area contributed by atoms with E-state index in [2.05, 4.69) is 97.0 Å². The van der Waals surface area contributed by atoms with Gasteiger partial charge in [-0.3, -0.25) is 0 Å². The first kappa shape index (κ1) is 22.3. The molecule has 3 heteroatoms. The van der Waals surface area contributed by atoms with Crippen LogP contribution >= 0.6 is 0 Å². The Kier molecular flexibility index (Phi) is 4.56. The van der Waals surface area contributed by atoms with Crippen LogP contribution in [0.1, 0.15) is 78.0 Å². The summed E-state index contributed by atoms with van der Waals surface area (Å²) in [5.41, 5.74) is 8.92. The van der Waals surface area contributed by atoms with Crippen LogP contribution in [0.25, 0.3) is 44.1 Å². The first-order valence-corrected chi connectivity index (χ1v) is 12.7. The second kappa shape index (κ2) is 7.16. The van der Waals surface area contributed by atoms with E-state index in [1.807, 2.05) is 0 Å². The smallest absolute Gasteiger partial charge is 0.180 e. The highest BCUT2D eigenvalue weighted by Crippen LogP contribution is 2.48. The van der Waals surface area contributed by atoms with Crippen molar-refractivity contribution in [2.75, 3.05) is 0 Å². The second-order valence-corrected chi connectivity index (χ2v) is 12.7. The summed E-state index contributed by atoms with van der Waals surface area (Å²) in [4.78, 5) is 9.47. The molecule has 0 saturated heterocycles. The third kappa shape index (κ3) is 3.39. The number of benzene rings is 3. The van der Waals surface area contributed by atoms with E-state index < -0.39 is 0 Å². The van der Waals surface area contributed by atoms with E-state index in [1.165, 1.54) is 40.3 Å². The van der Waals surface area contributed by atoms with Crippen LogP contribution in [-0.4, -0.2) is 9.97 Å². The quantitative estimate of drug-likeness (QED) is 0.250. The molecule has 1 aliphatic carbocycles. The van der Waals surface area contributed by atoms with Crippen molar-refractivity contribution in [3.8, 4) is 11.3 Å². The molecule has 0 spiro atoms. The average Bonchev–Trinajstić information content (AvgIpc) is 3.18. The standard InChI is InChI=1S/C32H34N2O/c1-30(2,3)23-15-20(14-19-10-8-9-11-21(19)23)27-29-28(34-18-33-27)22-16-24-25(17-26(22)35-29)32(6,7)13-12-31(24,4)5/h8-11,14-18H,12-13H2,1-7H3. The normalized spacial score (nSPS) is 17.2. The van der Waals surface area contributed by atoms with Crippen LogP contribution in [0.5, 0.6) is 0 Å². The fourth-order valence-electron chi connectivity index (χ4n) is 5.91. The van der Waals surface area contributed by atoms with Crippen LogP contribution in [0.4, 0.5) is 0 Å². The summed E-state index contributed by atoms with van der Waals surface area (Å²) in [6.07, 6.45) is 4.05. The molecular formula is C32H34N2O. The lowest BCUT2D eigenvalue weighted by Crippen LogP contribution is -2.33. The molecule has 35 heavy (non-hydrogen) atoms. The Morgan fingerprint density at radius 2 is 1.49 bits per heavy atom. The third-order valence-electron chi connectivity index (χ3n) is 8.17. The van der Waals surface area contributed by atoms with Gasteiger partial charge < -0.3 is 4.42 Å². The largest absolute Gasteiger partial charge is 0.452 e. The maximum atomic E-state index is 6.58. The molecule has 1 aliphatic rings. The molecule has 3 aromatic carbocycles. The first-order valence-electron chi connectivity index (χ1n) is 12.7. The van der Waals surface area contributed by atoms with E-state index in [4.69, 9.17) is 14.4 Å². The van der Waals surface area contributed by atoms with E-state index in [-0.39, 0.29) is 16.2 Å². The molecule has 2 heterocycles. The van der Waals surface area contributed by atoms with Crippen molar-refractivity contribution in [3.05, 3.63) is 71.5 Å². The lowest BCUT2D eigenvalue weighted by Gasteiger charge is -2.41. The van der Waals surface area contributed by atoms with Crippen molar-refractivity contribution in [3.63, 3.8) is 0 Å². The fourth-order valence-corrected chi connectivity index (χ4v) is 5.91. The Hall–Kier alpha value is -3.20. The van der Waals surface area contributed by atoms with Crippen LogP contribution in [0.2, 0.25) is 0 Å². The highest BCUT2D eigenvalue weighted by atomic mass is 16.3. The van der Waals surface area contributed by atoms with Gasteiger partial charge in [-0.15, -0.1) is 0 Å². The molecule has 178 valence electrons. The maximum Gasteiger partial charge on any atom is 0.180 e. The van der Waals surface area contributed by atoms with Crippen molar-refractivity contribution >= 4 is 32.8 Å². The molecule has 0 saturated carbocycles. The van der Waals surface area contributed by atoms with E-state index >= 15 is 0 Å². The summed E-state index contributed by atoms with van der Waals surface area (Å²) in [5.74, 6) is 0. The summed E-state index contributed by atoms with van der Waals surface area (Å²) in [6.45, 7) is 16.2. The van der Waals surface area contributed by atoms with Gasteiger partial charge in [0.25, 0.3) is 0 Å². The van der Waals surface area contributed by atoms with Gasteiger partial charge in [-0.25, -0.2) is 9.97 Å². The van der Waals surface area contributed by atoms with E-state index in [0.717, 1.165) is 33.3 Å². The summed E-state index contributed by atoms with van der Waals surface area (Å²) in [7, 11) is 0. The molecule has 0 aliphatic heterocycles. The fraction of sp³-hybridized carbons (Fsp3) is 0.375. The van der Waals surface area contributed by atoms with Crippen molar-refractivity contribution < 1.29 is 4.42 Å². The molecule has 0 bridgehead atoms. The van der Waals surface area contributed by atoms with Crippen LogP contribution < -0.4 is 0 Å². The van der Waals surface area contributed by atoms with Crippen molar-refractivity contribution in [2.45, 2.75) is 77.6 Å². The number of hydrogen-bond acceptors (Lipinski definition) is 3. The molecule has 3 nitrogen and oxygen atoms in total. The molecule has 0 unspecified atom stereocenters. The van der Waals surface area contributed by atoms with Crippen LogP contribution in [-0.2, 0) is 16.2 Å². The van der Waals surface area contributed by atoms with Crippen molar-refractivity contribution in [1.82, 2.24) is 9.97 Å². The molecular weight excluding hydrogens is 428 g/mol. The zero-order chi connectivity index (χ0) is 24.8. The number of rotatable bonds is 1. The monoisotopic (exact) mass is 462 g/mol. The third-order valence-corrected chi connectivity index (χ3v) is 8.17.